The Hall–Kier alpha value is -3.54. The molecule has 0 aromatic heterocycles. The lowest BCUT2D eigenvalue weighted by Crippen LogP contribution is -2.26. The molecule has 0 radical (unpaired) electrons. The highest BCUT2D eigenvalue weighted by Gasteiger charge is 2.21. The van der Waals surface area contributed by atoms with Gasteiger partial charge in [0.05, 0.1) is 6.21 Å². The molecule has 0 bridgehead atoms. The minimum Gasteiger partial charge on any atom is -0.270 e. The SMILES string of the molecule is O=C(N/N=C/c1c2ccccc2cc2ccccc12)C(OO)c1ccccc1. The lowest BCUT2D eigenvalue weighted by molar-refractivity contribution is -0.274. The number of amides is 1. The third-order valence-corrected chi connectivity index (χ3v) is 4.63. The maximum Gasteiger partial charge on any atom is 0.277 e. The first-order chi connectivity index (χ1) is 13.8. The van der Waals surface area contributed by atoms with Crippen molar-refractivity contribution in [1.82, 2.24) is 5.43 Å². The van der Waals surface area contributed by atoms with Gasteiger partial charge in [-0.15, -0.1) is 0 Å². The van der Waals surface area contributed by atoms with E-state index in [-0.39, 0.29) is 0 Å². The van der Waals surface area contributed by atoms with E-state index in [1.807, 2.05) is 54.6 Å². The molecule has 0 aliphatic carbocycles. The zero-order valence-corrected chi connectivity index (χ0v) is 14.9. The summed E-state index contributed by atoms with van der Waals surface area (Å²) in [6, 6.07) is 26.9. The van der Waals surface area contributed by atoms with Crippen molar-refractivity contribution >= 4 is 33.7 Å². The summed E-state index contributed by atoms with van der Waals surface area (Å²) in [5.41, 5.74) is 3.90. The van der Waals surface area contributed by atoms with Gasteiger partial charge in [-0.2, -0.15) is 5.10 Å². The van der Waals surface area contributed by atoms with Crippen LogP contribution in [0.4, 0.5) is 0 Å². The van der Waals surface area contributed by atoms with E-state index in [1.165, 1.54) is 0 Å². The molecule has 0 fully saturated rings. The predicted octanol–water partition coefficient (Wildman–Crippen LogP) is 4.67. The van der Waals surface area contributed by atoms with Gasteiger partial charge in [0, 0.05) is 5.56 Å². The van der Waals surface area contributed by atoms with Crippen LogP contribution in [0, 0.1) is 0 Å². The zero-order valence-electron chi connectivity index (χ0n) is 14.9. The summed E-state index contributed by atoms with van der Waals surface area (Å²) in [6.07, 6.45) is 0.477. The molecule has 0 heterocycles. The zero-order chi connectivity index (χ0) is 19.3. The highest BCUT2D eigenvalue weighted by atomic mass is 17.1. The quantitative estimate of drug-likeness (QED) is 0.232. The first-order valence-electron chi connectivity index (χ1n) is 8.86. The van der Waals surface area contributed by atoms with Crippen molar-refractivity contribution in [3.8, 4) is 0 Å². The van der Waals surface area contributed by atoms with Gasteiger partial charge in [-0.1, -0.05) is 78.9 Å². The van der Waals surface area contributed by atoms with Gasteiger partial charge in [-0.3, -0.25) is 10.1 Å². The maximum atomic E-state index is 12.4. The molecule has 0 aliphatic rings. The fourth-order valence-electron chi connectivity index (χ4n) is 3.30. The smallest absolute Gasteiger partial charge is 0.270 e. The molecule has 0 aliphatic heterocycles. The summed E-state index contributed by atoms with van der Waals surface area (Å²) < 4.78 is 0. The summed E-state index contributed by atoms with van der Waals surface area (Å²) in [7, 11) is 0. The molecule has 1 atom stereocenters. The molecular formula is C23H18N2O3. The topological polar surface area (TPSA) is 70.9 Å². The minimum atomic E-state index is -1.15. The molecule has 5 heteroatoms. The largest absolute Gasteiger partial charge is 0.277 e. The average molecular weight is 370 g/mol. The van der Waals surface area contributed by atoms with E-state index >= 15 is 0 Å². The van der Waals surface area contributed by atoms with E-state index in [0.717, 1.165) is 27.1 Å². The number of carbonyl (C=O) groups is 1. The van der Waals surface area contributed by atoms with Crippen LogP contribution in [0.1, 0.15) is 17.2 Å². The van der Waals surface area contributed by atoms with Crippen molar-refractivity contribution < 1.29 is 14.9 Å². The molecule has 1 amide bonds. The molecule has 4 aromatic rings. The van der Waals surface area contributed by atoms with Crippen LogP contribution in [0.2, 0.25) is 0 Å². The Kier molecular flexibility index (Phi) is 5.10. The molecular weight excluding hydrogens is 352 g/mol. The number of carbonyl (C=O) groups excluding carboxylic acids is 1. The molecule has 4 rings (SSSR count). The molecule has 1 unspecified atom stereocenters. The van der Waals surface area contributed by atoms with Crippen molar-refractivity contribution in [3.63, 3.8) is 0 Å². The van der Waals surface area contributed by atoms with E-state index in [9.17, 15) is 4.79 Å². The van der Waals surface area contributed by atoms with Crippen LogP contribution in [0.25, 0.3) is 21.5 Å². The van der Waals surface area contributed by atoms with Crippen molar-refractivity contribution in [2.75, 3.05) is 0 Å². The number of rotatable bonds is 5. The Labute approximate surface area is 161 Å². The van der Waals surface area contributed by atoms with Crippen molar-refractivity contribution in [2.45, 2.75) is 6.10 Å². The van der Waals surface area contributed by atoms with Crippen molar-refractivity contribution in [3.05, 3.63) is 96.1 Å². The van der Waals surface area contributed by atoms with Gasteiger partial charge in [-0.25, -0.2) is 10.3 Å². The number of hydrogen-bond acceptors (Lipinski definition) is 4. The standard InChI is InChI=1S/C23H18N2O3/c26-23(22(28-27)16-8-2-1-3-9-16)25-24-15-21-19-12-6-4-10-17(19)14-18-11-5-7-13-20(18)21/h1-15,22,27H,(H,25,26)/b24-15+. The number of nitrogens with one attached hydrogen (secondary N) is 1. The van der Waals surface area contributed by atoms with Crippen LogP contribution in [0.5, 0.6) is 0 Å². The third kappa shape index (κ3) is 3.49. The molecule has 2 N–H and O–H groups in total. The first-order valence-corrected chi connectivity index (χ1v) is 8.86. The number of fused-ring (bicyclic) bond motifs is 2. The Morgan fingerprint density at radius 1 is 0.893 bits per heavy atom. The molecule has 0 saturated heterocycles. The Morgan fingerprint density at radius 2 is 1.46 bits per heavy atom. The second-order valence-corrected chi connectivity index (χ2v) is 6.36. The van der Waals surface area contributed by atoms with Crippen LogP contribution in [-0.2, 0) is 9.68 Å². The normalized spacial score (nSPS) is 12.5. The van der Waals surface area contributed by atoms with E-state index < -0.39 is 12.0 Å². The minimum absolute atomic E-state index is 0.535. The van der Waals surface area contributed by atoms with E-state index in [1.54, 1.807) is 30.5 Å². The van der Waals surface area contributed by atoms with Gasteiger partial charge in [0.1, 0.15) is 0 Å². The van der Waals surface area contributed by atoms with E-state index in [0.29, 0.717) is 5.56 Å². The van der Waals surface area contributed by atoms with Crippen molar-refractivity contribution in [2.24, 2.45) is 5.10 Å². The van der Waals surface area contributed by atoms with E-state index in [2.05, 4.69) is 21.5 Å². The Morgan fingerprint density at radius 3 is 2.07 bits per heavy atom. The lowest BCUT2D eigenvalue weighted by Gasteiger charge is -2.12. The summed E-state index contributed by atoms with van der Waals surface area (Å²) >= 11 is 0. The summed E-state index contributed by atoms with van der Waals surface area (Å²) in [5, 5.41) is 17.5. The molecule has 28 heavy (non-hydrogen) atoms. The average Bonchev–Trinajstić information content (AvgIpc) is 2.74. The summed E-state index contributed by atoms with van der Waals surface area (Å²) in [6.45, 7) is 0. The second kappa shape index (κ2) is 8.00. The molecule has 5 nitrogen and oxygen atoms in total. The number of nitrogens with zero attached hydrogens (tertiary/aromatic N) is 1. The first kappa shape index (κ1) is 17.9. The van der Waals surface area contributed by atoms with Gasteiger partial charge in [-0.05, 0) is 33.2 Å². The van der Waals surface area contributed by atoms with Crippen molar-refractivity contribution in [1.29, 1.82) is 0 Å². The Bertz CT molecular complexity index is 1100. The highest BCUT2D eigenvalue weighted by Crippen LogP contribution is 2.27. The van der Waals surface area contributed by atoms with Crippen LogP contribution < -0.4 is 5.43 Å². The lowest BCUT2D eigenvalue weighted by atomic mass is 9.97. The van der Waals surface area contributed by atoms with Crippen LogP contribution in [0.15, 0.2) is 90.0 Å². The summed E-state index contributed by atoms with van der Waals surface area (Å²) in [5.74, 6) is -0.561. The molecule has 138 valence electrons. The second-order valence-electron chi connectivity index (χ2n) is 6.36. The van der Waals surface area contributed by atoms with E-state index in [4.69, 9.17) is 5.26 Å². The summed E-state index contributed by atoms with van der Waals surface area (Å²) in [4.78, 5) is 16.7. The maximum absolute atomic E-state index is 12.4. The number of benzene rings is 4. The fourth-order valence-corrected chi connectivity index (χ4v) is 3.30. The van der Waals surface area contributed by atoms with Gasteiger partial charge >= 0.3 is 0 Å². The highest BCUT2D eigenvalue weighted by molar-refractivity contribution is 6.13. The predicted molar refractivity (Wildman–Crippen MR) is 110 cm³/mol. The Balaban J connectivity index is 1.65. The van der Waals surface area contributed by atoms with Gasteiger partial charge in [0.15, 0.2) is 6.10 Å². The van der Waals surface area contributed by atoms with Gasteiger partial charge < -0.3 is 0 Å². The molecule has 0 saturated carbocycles. The monoisotopic (exact) mass is 370 g/mol. The van der Waals surface area contributed by atoms with Crippen LogP contribution >= 0.6 is 0 Å². The van der Waals surface area contributed by atoms with Gasteiger partial charge in [0.25, 0.3) is 5.91 Å². The van der Waals surface area contributed by atoms with Gasteiger partial charge in [0.2, 0.25) is 0 Å². The molecule has 0 spiro atoms. The van der Waals surface area contributed by atoms with Crippen LogP contribution in [-0.4, -0.2) is 17.4 Å². The third-order valence-electron chi connectivity index (χ3n) is 4.63. The molecule has 4 aromatic carbocycles. The van der Waals surface area contributed by atoms with Crippen LogP contribution in [0.3, 0.4) is 0 Å². The fraction of sp³-hybridized carbons (Fsp3) is 0.0435. The number of hydrogen-bond donors (Lipinski definition) is 2. The number of hydrazone groups is 1.